The predicted octanol–water partition coefficient (Wildman–Crippen LogP) is 5.31. The van der Waals surface area contributed by atoms with Crippen LogP contribution in [0.2, 0.25) is 0 Å². The lowest BCUT2D eigenvalue weighted by Gasteiger charge is -2.30. The summed E-state index contributed by atoms with van der Waals surface area (Å²) < 4.78 is 26.0. The smallest absolute Gasteiger partial charge is 0.324 e. The molecule has 2 aromatic heterocycles. The molecule has 0 N–H and O–H groups in total. The maximum Gasteiger partial charge on any atom is 0.324 e. The maximum absolute atomic E-state index is 14.7. The molecule has 1 aromatic carbocycles. The van der Waals surface area contributed by atoms with E-state index in [4.69, 9.17) is 9.26 Å². The number of aromatic nitrogens is 3. The van der Waals surface area contributed by atoms with Crippen LogP contribution in [0.3, 0.4) is 0 Å². The van der Waals surface area contributed by atoms with Gasteiger partial charge in [-0.15, -0.1) is 11.3 Å². The third-order valence-electron chi connectivity index (χ3n) is 7.77. The fourth-order valence-corrected chi connectivity index (χ4v) is 5.87. The van der Waals surface area contributed by atoms with E-state index in [-0.39, 0.29) is 18.2 Å². The topological polar surface area (TPSA) is 84.6 Å². The summed E-state index contributed by atoms with van der Waals surface area (Å²) in [5.41, 5.74) is 2.95. The van der Waals surface area contributed by atoms with Gasteiger partial charge in [0.1, 0.15) is 11.6 Å². The second-order valence-corrected chi connectivity index (χ2v) is 11.6. The van der Waals surface area contributed by atoms with Crippen LogP contribution in [0.5, 0.6) is 5.75 Å². The molecule has 2 atom stereocenters. The van der Waals surface area contributed by atoms with E-state index >= 15 is 0 Å². The molecular formula is C28H36FN5O3S. The number of rotatable bonds is 11. The first kappa shape index (κ1) is 26.6. The lowest BCUT2D eigenvalue weighted by molar-refractivity contribution is -0.129. The van der Waals surface area contributed by atoms with Crippen molar-refractivity contribution in [2.75, 3.05) is 31.6 Å². The van der Waals surface area contributed by atoms with E-state index in [1.54, 1.807) is 29.6 Å². The number of hydrogen-bond donors (Lipinski definition) is 0. The molecule has 1 saturated carbocycles. The largest absolute Gasteiger partial charge is 0.493 e. The van der Waals surface area contributed by atoms with Gasteiger partial charge >= 0.3 is 6.01 Å². The van der Waals surface area contributed by atoms with Crippen LogP contribution in [0.25, 0.3) is 0 Å². The van der Waals surface area contributed by atoms with Crippen LogP contribution in [-0.2, 0) is 17.8 Å². The van der Waals surface area contributed by atoms with Crippen LogP contribution in [0.15, 0.2) is 33.6 Å². The lowest BCUT2D eigenvalue weighted by atomic mass is 9.90. The Morgan fingerprint density at radius 3 is 2.82 bits per heavy atom. The number of likely N-dealkylation sites (N-methyl/N-ethyl adjacent to an activating group) is 1. The Kier molecular flexibility index (Phi) is 8.26. The van der Waals surface area contributed by atoms with Gasteiger partial charge in [0.05, 0.1) is 30.8 Å². The number of amides is 1. The molecule has 1 saturated heterocycles. The van der Waals surface area contributed by atoms with Gasteiger partial charge in [0, 0.05) is 37.5 Å². The zero-order chi connectivity index (χ0) is 26.6. The van der Waals surface area contributed by atoms with Crippen LogP contribution in [0.4, 0.5) is 10.4 Å². The number of halogens is 1. The molecule has 8 nitrogen and oxygen atoms in total. The Labute approximate surface area is 227 Å². The fourth-order valence-electron chi connectivity index (χ4n) is 5.32. The standard InChI is InChI=1S/C28H36FN5O3S/c1-18(2)27-31-28(37-32-27)34-9-6-19(7-10-34)24-12-20(24)8-11-36-23-5-4-21(25(29)14-23)13-26(35)33(3)15-22-16-38-17-30-22/h4-5,14,16-20,24H,6-13,15H2,1-3H3/t20-,24-/m1/s1. The minimum absolute atomic E-state index is 0.0146. The molecule has 0 radical (unpaired) electrons. The van der Waals surface area contributed by atoms with E-state index in [2.05, 4.69) is 33.9 Å². The van der Waals surface area contributed by atoms with Crippen molar-refractivity contribution in [1.82, 2.24) is 20.0 Å². The lowest BCUT2D eigenvalue weighted by Crippen LogP contribution is -2.34. The molecule has 0 bridgehead atoms. The first-order valence-corrected chi connectivity index (χ1v) is 14.4. The molecule has 5 rings (SSSR count). The number of piperidine rings is 1. The number of carbonyl (C=O) groups is 1. The van der Waals surface area contributed by atoms with Crippen molar-refractivity contribution in [3.8, 4) is 5.75 Å². The van der Waals surface area contributed by atoms with Crippen LogP contribution in [0, 0.1) is 23.6 Å². The molecule has 1 aliphatic heterocycles. The van der Waals surface area contributed by atoms with E-state index in [0.717, 1.165) is 55.7 Å². The Bertz CT molecular complexity index is 1210. The average molecular weight is 542 g/mol. The van der Waals surface area contributed by atoms with Crippen molar-refractivity contribution < 1.29 is 18.4 Å². The van der Waals surface area contributed by atoms with Gasteiger partial charge in [-0.05, 0) is 55.1 Å². The number of benzene rings is 1. The van der Waals surface area contributed by atoms with E-state index < -0.39 is 5.82 Å². The SMILES string of the molecule is CC(C)c1noc(N2CCC([C@H]3C[C@H]3CCOc3ccc(CC(=O)N(C)Cc4cscn4)c(F)c3)CC2)n1. The Balaban J connectivity index is 1.01. The van der Waals surface area contributed by atoms with Crippen molar-refractivity contribution in [1.29, 1.82) is 0 Å². The molecular weight excluding hydrogens is 505 g/mol. The number of nitrogens with zero attached hydrogens (tertiary/aromatic N) is 5. The first-order chi connectivity index (χ1) is 18.4. The summed E-state index contributed by atoms with van der Waals surface area (Å²) in [4.78, 5) is 25.0. The monoisotopic (exact) mass is 541 g/mol. The Morgan fingerprint density at radius 2 is 2.13 bits per heavy atom. The number of thiazole rings is 1. The number of carbonyl (C=O) groups excluding carboxylic acids is 1. The number of ether oxygens (including phenoxy) is 1. The van der Waals surface area contributed by atoms with E-state index in [1.165, 1.54) is 23.8 Å². The van der Waals surface area contributed by atoms with Crippen molar-refractivity contribution in [2.45, 2.75) is 58.4 Å². The van der Waals surface area contributed by atoms with Gasteiger partial charge < -0.3 is 19.1 Å². The summed E-state index contributed by atoms with van der Waals surface area (Å²) in [6, 6.07) is 5.46. The summed E-state index contributed by atoms with van der Waals surface area (Å²) >= 11 is 1.49. The first-order valence-electron chi connectivity index (χ1n) is 13.5. The zero-order valence-electron chi connectivity index (χ0n) is 22.3. The Morgan fingerprint density at radius 1 is 1.32 bits per heavy atom. The quantitative estimate of drug-likeness (QED) is 0.325. The normalized spacial score (nSPS) is 19.7. The Hall–Kier alpha value is -3.01. The fraction of sp³-hybridized carbons (Fsp3) is 0.571. The van der Waals surface area contributed by atoms with Gasteiger partial charge in [-0.1, -0.05) is 25.1 Å². The van der Waals surface area contributed by atoms with Crippen LogP contribution in [-0.4, -0.2) is 52.7 Å². The molecule has 3 aromatic rings. The minimum atomic E-state index is -0.407. The molecule has 0 spiro atoms. The highest BCUT2D eigenvalue weighted by atomic mass is 32.1. The highest BCUT2D eigenvalue weighted by molar-refractivity contribution is 7.07. The zero-order valence-corrected chi connectivity index (χ0v) is 23.1. The van der Waals surface area contributed by atoms with Crippen molar-refractivity contribution in [3.63, 3.8) is 0 Å². The van der Waals surface area contributed by atoms with Gasteiger partial charge in [-0.3, -0.25) is 4.79 Å². The van der Waals surface area contributed by atoms with Gasteiger partial charge in [0.2, 0.25) is 5.91 Å². The van der Waals surface area contributed by atoms with Crippen molar-refractivity contribution >= 4 is 23.3 Å². The molecule has 38 heavy (non-hydrogen) atoms. The molecule has 204 valence electrons. The highest BCUT2D eigenvalue weighted by Gasteiger charge is 2.43. The van der Waals surface area contributed by atoms with Crippen LogP contribution < -0.4 is 9.64 Å². The number of hydrogen-bond acceptors (Lipinski definition) is 8. The van der Waals surface area contributed by atoms with Crippen LogP contribution in [0.1, 0.15) is 62.5 Å². The van der Waals surface area contributed by atoms with Crippen molar-refractivity contribution in [2.24, 2.45) is 17.8 Å². The highest BCUT2D eigenvalue weighted by Crippen LogP contribution is 2.50. The summed E-state index contributed by atoms with van der Waals surface area (Å²) in [5, 5.41) is 5.99. The third kappa shape index (κ3) is 6.51. The molecule has 2 fully saturated rings. The summed E-state index contributed by atoms with van der Waals surface area (Å²) in [6.45, 7) is 7.05. The second kappa shape index (κ2) is 11.8. The van der Waals surface area contributed by atoms with Gasteiger partial charge in [0.25, 0.3) is 0 Å². The van der Waals surface area contributed by atoms with Gasteiger partial charge in [0.15, 0.2) is 5.82 Å². The molecule has 0 unspecified atom stereocenters. The van der Waals surface area contributed by atoms with E-state index in [9.17, 15) is 9.18 Å². The molecule has 1 aliphatic carbocycles. The number of anilines is 1. The van der Waals surface area contributed by atoms with E-state index in [0.29, 0.717) is 36.4 Å². The summed E-state index contributed by atoms with van der Waals surface area (Å²) in [7, 11) is 1.71. The minimum Gasteiger partial charge on any atom is -0.493 e. The third-order valence-corrected chi connectivity index (χ3v) is 8.41. The van der Waals surface area contributed by atoms with Crippen molar-refractivity contribution in [3.05, 3.63) is 52.0 Å². The summed E-state index contributed by atoms with van der Waals surface area (Å²) in [6.07, 6.45) is 4.53. The maximum atomic E-state index is 14.7. The molecule has 10 heteroatoms. The molecule has 3 heterocycles. The molecule has 2 aliphatic rings. The van der Waals surface area contributed by atoms with Gasteiger partial charge in [-0.2, -0.15) is 4.98 Å². The van der Waals surface area contributed by atoms with E-state index in [1.807, 2.05) is 5.38 Å². The molecule has 1 amide bonds. The average Bonchev–Trinajstić information content (AvgIpc) is 3.26. The predicted molar refractivity (Wildman–Crippen MR) is 144 cm³/mol. The second-order valence-electron chi connectivity index (χ2n) is 10.9. The summed E-state index contributed by atoms with van der Waals surface area (Å²) in [5.74, 6) is 3.15. The van der Waals surface area contributed by atoms with Gasteiger partial charge in [-0.25, -0.2) is 9.37 Å². The van der Waals surface area contributed by atoms with Crippen LogP contribution >= 0.6 is 11.3 Å².